The van der Waals surface area contributed by atoms with Crippen molar-refractivity contribution in [1.29, 1.82) is 0 Å². The smallest absolute Gasteiger partial charge is 0.112 e. The van der Waals surface area contributed by atoms with Gasteiger partial charge >= 0.3 is 0 Å². The zero-order chi connectivity index (χ0) is 12.1. The first-order valence-corrected chi connectivity index (χ1v) is 7.14. The molecule has 2 rings (SSSR count). The number of aromatic nitrogens is 1. The Morgan fingerprint density at radius 3 is 2.50 bits per heavy atom. The zero-order valence-electron chi connectivity index (χ0n) is 11.9. The maximum Gasteiger partial charge on any atom is 0.112 e. The number of nitrogens with zero attached hydrogens (tertiary/aromatic N) is 2. The highest BCUT2D eigenvalue weighted by Crippen LogP contribution is 2.21. The molecule has 0 amide bonds. The molecule has 0 radical (unpaired) electrons. The zero-order valence-corrected chi connectivity index (χ0v) is 15.2. The van der Waals surface area contributed by atoms with Gasteiger partial charge < -0.3 is 10.6 Å². The van der Waals surface area contributed by atoms with Gasteiger partial charge in [-0.05, 0) is 13.8 Å². The number of halogens is 3. The Morgan fingerprint density at radius 2 is 1.95 bits per heavy atom. The molecular weight excluding hydrogens is 339 g/mol. The second kappa shape index (κ2) is 11.0. The van der Waals surface area contributed by atoms with E-state index in [1.54, 1.807) is 11.3 Å². The molecule has 1 saturated heterocycles. The largest absolute Gasteiger partial charge is 0.314 e. The second-order valence-corrected chi connectivity index (χ2v) is 5.88. The molecule has 8 heteroatoms. The quantitative estimate of drug-likeness (QED) is 0.841. The van der Waals surface area contributed by atoms with Crippen molar-refractivity contribution in [3.05, 3.63) is 16.6 Å². The van der Waals surface area contributed by atoms with Crippen LogP contribution in [0.2, 0.25) is 0 Å². The Hall–Kier alpha value is 0.380. The summed E-state index contributed by atoms with van der Waals surface area (Å²) in [7, 11) is 0. The van der Waals surface area contributed by atoms with Gasteiger partial charge in [0.25, 0.3) is 0 Å². The fourth-order valence-electron chi connectivity index (χ4n) is 2.07. The predicted octanol–water partition coefficient (Wildman–Crippen LogP) is 2.14. The van der Waals surface area contributed by atoms with Gasteiger partial charge in [-0.25, -0.2) is 4.98 Å². The average Bonchev–Trinajstić information content (AvgIpc) is 2.84. The van der Waals surface area contributed by atoms with E-state index in [9.17, 15) is 0 Å². The van der Waals surface area contributed by atoms with Gasteiger partial charge in [0.05, 0.1) is 5.54 Å². The third-order valence-corrected chi connectivity index (χ3v) is 4.27. The van der Waals surface area contributed by atoms with E-state index < -0.39 is 0 Å². The van der Waals surface area contributed by atoms with Gasteiger partial charge in [-0.15, -0.1) is 48.6 Å². The number of hydrogen-bond donors (Lipinski definition) is 2. The van der Waals surface area contributed by atoms with Crippen LogP contribution in [-0.2, 0) is 5.54 Å². The number of thiazole rings is 1. The van der Waals surface area contributed by atoms with E-state index in [1.807, 2.05) is 11.6 Å². The van der Waals surface area contributed by atoms with Crippen molar-refractivity contribution in [1.82, 2.24) is 20.5 Å². The van der Waals surface area contributed by atoms with Crippen molar-refractivity contribution in [2.45, 2.75) is 19.4 Å². The van der Waals surface area contributed by atoms with E-state index in [4.69, 9.17) is 0 Å². The van der Waals surface area contributed by atoms with Crippen molar-refractivity contribution in [2.75, 3.05) is 39.3 Å². The Morgan fingerprint density at radius 1 is 1.30 bits per heavy atom. The summed E-state index contributed by atoms with van der Waals surface area (Å²) in [5.41, 5.74) is -0.0117. The second-order valence-electron chi connectivity index (χ2n) is 4.98. The molecule has 0 aromatic carbocycles. The molecule has 1 aromatic rings. The standard InChI is InChI=1S/C12H22N4S.3ClH/c1-12(2,11-14-6-10-17-11)15-5-9-16-7-3-13-4-8-16;;;/h6,10,13,15H,3-5,7-9H2,1-2H3;3*1H. The first-order chi connectivity index (χ1) is 8.18. The predicted molar refractivity (Wildman–Crippen MR) is 94.2 cm³/mol. The van der Waals surface area contributed by atoms with Gasteiger partial charge in [0.2, 0.25) is 0 Å². The van der Waals surface area contributed by atoms with Gasteiger partial charge in [0, 0.05) is 50.8 Å². The van der Waals surface area contributed by atoms with Gasteiger partial charge in [-0.1, -0.05) is 0 Å². The Kier molecular flexibility index (Phi) is 12.5. The maximum absolute atomic E-state index is 4.39. The van der Waals surface area contributed by atoms with Crippen LogP contribution in [0.15, 0.2) is 11.6 Å². The highest BCUT2D eigenvalue weighted by atomic mass is 35.5. The summed E-state index contributed by atoms with van der Waals surface area (Å²) in [5, 5.41) is 10.2. The van der Waals surface area contributed by atoms with Crippen molar-refractivity contribution in [3.8, 4) is 0 Å². The lowest BCUT2D eigenvalue weighted by Crippen LogP contribution is -2.47. The van der Waals surface area contributed by atoms with Crippen LogP contribution in [0.25, 0.3) is 0 Å². The van der Waals surface area contributed by atoms with Gasteiger partial charge in [0.15, 0.2) is 0 Å². The summed E-state index contributed by atoms with van der Waals surface area (Å²) in [6, 6.07) is 0. The SMILES string of the molecule is CC(C)(NCCN1CCNCC1)c1nccs1.Cl.Cl.Cl. The minimum absolute atomic E-state index is 0. The third kappa shape index (κ3) is 6.89. The molecule has 1 aromatic heterocycles. The summed E-state index contributed by atoms with van der Waals surface area (Å²) in [4.78, 5) is 6.89. The van der Waals surface area contributed by atoms with Crippen LogP contribution < -0.4 is 10.6 Å². The molecule has 2 heterocycles. The van der Waals surface area contributed by atoms with E-state index >= 15 is 0 Å². The summed E-state index contributed by atoms with van der Waals surface area (Å²) in [6.45, 7) is 11.1. The number of hydrogen-bond acceptors (Lipinski definition) is 5. The molecular formula is C12H25Cl3N4S. The summed E-state index contributed by atoms with van der Waals surface area (Å²) < 4.78 is 0. The van der Waals surface area contributed by atoms with Crippen LogP contribution >= 0.6 is 48.6 Å². The van der Waals surface area contributed by atoms with Crippen molar-refractivity contribution in [2.24, 2.45) is 0 Å². The molecule has 0 unspecified atom stereocenters. The molecule has 0 atom stereocenters. The van der Waals surface area contributed by atoms with Crippen LogP contribution in [0.5, 0.6) is 0 Å². The van der Waals surface area contributed by atoms with Crippen LogP contribution in [-0.4, -0.2) is 49.2 Å². The highest BCUT2D eigenvalue weighted by Gasteiger charge is 2.22. The first-order valence-electron chi connectivity index (χ1n) is 6.26. The third-order valence-electron chi connectivity index (χ3n) is 3.17. The molecule has 0 aliphatic carbocycles. The molecule has 1 fully saturated rings. The average molecular weight is 364 g/mol. The summed E-state index contributed by atoms with van der Waals surface area (Å²) in [6.07, 6.45) is 1.87. The van der Waals surface area contributed by atoms with E-state index in [2.05, 4.69) is 34.4 Å². The lowest BCUT2D eigenvalue weighted by Gasteiger charge is -2.30. The molecule has 0 bridgehead atoms. The molecule has 2 N–H and O–H groups in total. The van der Waals surface area contributed by atoms with Gasteiger partial charge in [-0.3, -0.25) is 4.90 Å². The van der Waals surface area contributed by atoms with E-state index in [1.165, 1.54) is 13.1 Å². The molecule has 4 nitrogen and oxygen atoms in total. The Labute approximate surface area is 144 Å². The van der Waals surface area contributed by atoms with Crippen LogP contribution in [0, 0.1) is 0 Å². The van der Waals surface area contributed by atoms with Crippen molar-refractivity contribution in [3.63, 3.8) is 0 Å². The van der Waals surface area contributed by atoms with Gasteiger partial charge in [-0.2, -0.15) is 0 Å². The fraction of sp³-hybridized carbons (Fsp3) is 0.750. The topological polar surface area (TPSA) is 40.2 Å². The Bertz CT molecular complexity index is 329. The van der Waals surface area contributed by atoms with Crippen LogP contribution in [0.1, 0.15) is 18.9 Å². The molecule has 0 saturated carbocycles. The molecule has 1 aliphatic heterocycles. The van der Waals surface area contributed by atoms with Crippen LogP contribution in [0.3, 0.4) is 0 Å². The fourth-order valence-corrected chi connectivity index (χ4v) is 2.81. The molecule has 1 aliphatic rings. The van der Waals surface area contributed by atoms with Gasteiger partial charge in [0.1, 0.15) is 5.01 Å². The number of piperazine rings is 1. The van der Waals surface area contributed by atoms with E-state index in [0.29, 0.717) is 0 Å². The molecule has 0 spiro atoms. The normalized spacial score (nSPS) is 15.7. The molecule has 20 heavy (non-hydrogen) atoms. The monoisotopic (exact) mass is 362 g/mol. The summed E-state index contributed by atoms with van der Waals surface area (Å²) >= 11 is 1.72. The maximum atomic E-state index is 4.39. The minimum atomic E-state index is -0.0117. The summed E-state index contributed by atoms with van der Waals surface area (Å²) in [5.74, 6) is 0. The lowest BCUT2D eigenvalue weighted by atomic mass is 10.1. The first kappa shape index (κ1) is 22.7. The number of nitrogens with one attached hydrogen (secondary N) is 2. The van der Waals surface area contributed by atoms with E-state index in [0.717, 1.165) is 31.2 Å². The van der Waals surface area contributed by atoms with Crippen molar-refractivity contribution < 1.29 is 0 Å². The van der Waals surface area contributed by atoms with Crippen molar-refractivity contribution >= 4 is 48.6 Å². The molecule has 120 valence electrons. The van der Waals surface area contributed by atoms with Crippen LogP contribution in [0.4, 0.5) is 0 Å². The Balaban J connectivity index is 0. The number of rotatable bonds is 5. The highest BCUT2D eigenvalue weighted by molar-refractivity contribution is 7.09. The van der Waals surface area contributed by atoms with E-state index in [-0.39, 0.29) is 42.8 Å². The lowest BCUT2D eigenvalue weighted by molar-refractivity contribution is 0.231. The minimum Gasteiger partial charge on any atom is -0.314 e.